The van der Waals surface area contributed by atoms with E-state index >= 15 is 0 Å². The molecule has 0 aliphatic heterocycles. The number of esters is 1. The van der Waals surface area contributed by atoms with E-state index in [0.717, 1.165) is 19.3 Å². The van der Waals surface area contributed by atoms with Crippen LogP contribution in [0, 0.1) is 0 Å². The number of ether oxygens (including phenoxy) is 2. The molecule has 1 amide bonds. The van der Waals surface area contributed by atoms with E-state index in [9.17, 15) is 14.7 Å². The van der Waals surface area contributed by atoms with E-state index in [4.69, 9.17) is 9.47 Å². The van der Waals surface area contributed by atoms with E-state index in [0.29, 0.717) is 0 Å². The predicted octanol–water partition coefficient (Wildman–Crippen LogP) is 2.04. The summed E-state index contributed by atoms with van der Waals surface area (Å²) < 4.78 is 10.2. The number of hydrogen-bond acceptors (Lipinski definition) is 6. The summed E-state index contributed by atoms with van der Waals surface area (Å²) in [6.45, 7) is 5.40. The lowest BCUT2D eigenvalue weighted by Crippen LogP contribution is -2.41. The van der Waals surface area contributed by atoms with Gasteiger partial charge in [-0.1, -0.05) is 19.8 Å². The number of nitrogens with zero attached hydrogens (tertiary/aromatic N) is 1. The van der Waals surface area contributed by atoms with Crippen LogP contribution in [0.3, 0.4) is 0 Å². The van der Waals surface area contributed by atoms with E-state index in [1.807, 2.05) is 6.92 Å². The average molecular weight is 324 g/mol. The molecule has 0 radical (unpaired) electrons. The minimum atomic E-state index is -0.848. The molecule has 0 aliphatic carbocycles. The average Bonchev–Trinajstić information content (AvgIpc) is 2.52. The van der Waals surface area contributed by atoms with Crippen molar-refractivity contribution in [1.29, 1.82) is 0 Å². The van der Waals surface area contributed by atoms with Crippen molar-refractivity contribution in [3.63, 3.8) is 0 Å². The zero-order valence-electron chi connectivity index (χ0n) is 14.0. The summed E-state index contributed by atoms with van der Waals surface area (Å²) in [5, 5.41) is 12.3. The number of aromatic nitrogens is 1. The zero-order valence-corrected chi connectivity index (χ0v) is 14.0. The first-order valence-corrected chi connectivity index (χ1v) is 7.64. The molecule has 0 fully saturated rings. The second kappa shape index (κ2) is 8.97. The van der Waals surface area contributed by atoms with Crippen molar-refractivity contribution in [3.05, 3.63) is 18.0 Å². The number of amides is 1. The second-order valence-corrected chi connectivity index (χ2v) is 5.30. The van der Waals surface area contributed by atoms with Gasteiger partial charge in [0.05, 0.1) is 13.2 Å². The molecule has 1 aromatic rings. The summed E-state index contributed by atoms with van der Waals surface area (Å²) in [4.78, 5) is 27.9. The normalized spacial score (nSPS) is 13.0. The predicted molar refractivity (Wildman–Crippen MR) is 84.5 cm³/mol. The van der Waals surface area contributed by atoms with Crippen LogP contribution in [0.25, 0.3) is 0 Å². The minimum Gasteiger partial charge on any atom is -0.503 e. The molecule has 0 bridgehead atoms. The summed E-state index contributed by atoms with van der Waals surface area (Å²) in [6, 6.07) is 0.582. The number of rotatable bonds is 8. The highest BCUT2D eigenvalue weighted by molar-refractivity contribution is 5.97. The van der Waals surface area contributed by atoms with Gasteiger partial charge in [-0.3, -0.25) is 4.79 Å². The fourth-order valence-corrected chi connectivity index (χ4v) is 1.94. The van der Waals surface area contributed by atoms with Crippen LogP contribution in [0.5, 0.6) is 11.5 Å². The highest BCUT2D eigenvalue weighted by Crippen LogP contribution is 2.27. The Morgan fingerprint density at radius 2 is 2.09 bits per heavy atom. The summed E-state index contributed by atoms with van der Waals surface area (Å²) in [5.74, 6) is -1.44. The van der Waals surface area contributed by atoms with Crippen molar-refractivity contribution < 1.29 is 24.2 Å². The van der Waals surface area contributed by atoms with E-state index in [1.165, 1.54) is 26.3 Å². The number of nitrogens with one attached hydrogen (secondary N) is 1. The van der Waals surface area contributed by atoms with Gasteiger partial charge in [-0.15, -0.1) is 0 Å². The van der Waals surface area contributed by atoms with Gasteiger partial charge in [-0.2, -0.15) is 0 Å². The van der Waals surface area contributed by atoms with Crippen LogP contribution >= 0.6 is 0 Å². The molecule has 7 nitrogen and oxygen atoms in total. The van der Waals surface area contributed by atoms with E-state index in [-0.39, 0.29) is 23.3 Å². The molecule has 1 heterocycles. The highest BCUT2D eigenvalue weighted by atomic mass is 16.5. The maximum atomic E-state index is 12.1. The van der Waals surface area contributed by atoms with Gasteiger partial charge in [0.1, 0.15) is 6.04 Å². The minimum absolute atomic E-state index is 0.133. The highest BCUT2D eigenvalue weighted by Gasteiger charge is 2.23. The van der Waals surface area contributed by atoms with Crippen molar-refractivity contribution in [2.45, 2.75) is 52.2 Å². The first-order chi connectivity index (χ1) is 10.9. The molecule has 128 valence electrons. The molecule has 7 heteroatoms. The summed E-state index contributed by atoms with van der Waals surface area (Å²) in [7, 11) is 1.37. The van der Waals surface area contributed by atoms with Crippen LogP contribution in [-0.2, 0) is 9.53 Å². The number of hydrogen-bond donors (Lipinski definition) is 2. The van der Waals surface area contributed by atoms with Crippen LogP contribution in [0.2, 0.25) is 0 Å². The van der Waals surface area contributed by atoms with Gasteiger partial charge in [0.2, 0.25) is 0 Å². The first-order valence-electron chi connectivity index (χ1n) is 7.64. The van der Waals surface area contributed by atoms with Gasteiger partial charge in [0.25, 0.3) is 5.91 Å². The lowest BCUT2D eigenvalue weighted by Gasteiger charge is -2.17. The lowest BCUT2D eigenvalue weighted by molar-refractivity contribution is -0.150. The van der Waals surface area contributed by atoms with Gasteiger partial charge in [0.15, 0.2) is 17.2 Å². The van der Waals surface area contributed by atoms with Crippen LogP contribution in [0.1, 0.15) is 50.5 Å². The van der Waals surface area contributed by atoms with Gasteiger partial charge < -0.3 is 19.9 Å². The van der Waals surface area contributed by atoms with Crippen molar-refractivity contribution in [2.75, 3.05) is 7.11 Å². The molecule has 0 saturated carbocycles. The third-order valence-electron chi connectivity index (χ3n) is 3.30. The summed E-state index contributed by atoms with van der Waals surface area (Å²) >= 11 is 0. The Kier molecular flexibility index (Phi) is 7.31. The fourth-order valence-electron chi connectivity index (χ4n) is 1.94. The Morgan fingerprint density at radius 1 is 1.39 bits per heavy atom. The first kappa shape index (κ1) is 18.7. The van der Waals surface area contributed by atoms with Crippen LogP contribution in [0.15, 0.2) is 12.3 Å². The molecule has 0 spiro atoms. The number of aromatic hydroxyl groups is 1. The summed E-state index contributed by atoms with van der Waals surface area (Å²) in [5.41, 5.74) is -0.206. The van der Waals surface area contributed by atoms with Gasteiger partial charge in [-0.05, 0) is 20.3 Å². The molecule has 2 unspecified atom stereocenters. The quantitative estimate of drug-likeness (QED) is 0.710. The lowest BCUT2D eigenvalue weighted by atomic mass is 10.2. The van der Waals surface area contributed by atoms with Crippen molar-refractivity contribution in [2.24, 2.45) is 0 Å². The monoisotopic (exact) mass is 324 g/mol. The molecular formula is C16H24N2O5. The standard InChI is InChI=1S/C16H24N2O5/c1-5-6-7-10(2)23-16(21)11(3)18-15(20)13-14(19)12(22-4)8-9-17-13/h8-11,19H,5-7H2,1-4H3,(H,18,20). The second-order valence-electron chi connectivity index (χ2n) is 5.30. The van der Waals surface area contributed by atoms with Crippen molar-refractivity contribution in [1.82, 2.24) is 10.3 Å². The molecule has 1 aromatic heterocycles. The number of methoxy groups -OCH3 is 1. The zero-order chi connectivity index (χ0) is 17.4. The molecule has 2 atom stereocenters. The largest absolute Gasteiger partial charge is 0.503 e. The van der Waals surface area contributed by atoms with Crippen LogP contribution < -0.4 is 10.1 Å². The van der Waals surface area contributed by atoms with Crippen LogP contribution in [0.4, 0.5) is 0 Å². The maximum absolute atomic E-state index is 12.1. The molecule has 2 N–H and O–H groups in total. The van der Waals surface area contributed by atoms with Crippen LogP contribution in [-0.4, -0.2) is 41.2 Å². The Hall–Kier alpha value is -2.31. The van der Waals surface area contributed by atoms with E-state index < -0.39 is 17.9 Å². The number of carbonyl (C=O) groups is 2. The Labute approximate surface area is 136 Å². The molecular weight excluding hydrogens is 300 g/mol. The van der Waals surface area contributed by atoms with Gasteiger partial charge >= 0.3 is 5.97 Å². The number of unbranched alkanes of at least 4 members (excludes halogenated alkanes) is 1. The Balaban J connectivity index is 2.64. The van der Waals surface area contributed by atoms with Crippen molar-refractivity contribution >= 4 is 11.9 Å². The molecule has 23 heavy (non-hydrogen) atoms. The third kappa shape index (κ3) is 5.43. The van der Waals surface area contributed by atoms with E-state index in [2.05, 4.69) is 17.2 Å². The number of pyridine rings is 1. The summed E-state index contributed by atoms with van der Waals surface area (Å²) in [6.07, 6.45) is 3.90. The topological polar surface area (TPSA) is 97.8 Å². The van der Waals surface area contributed by atoms with Gasteiger partial charge in [-0.25, -0.2) is 9.78 Å². The SMILES string of the molecule is CCCCC(C)OC(=O)C(C)NC(=O)c1nccc(OC)c1O. The Morgan fingerprint density at radius 3 is 2.70 bits per heavy atom. The molecule has 0 aromatic carbocycles. The fraction of sp³-hybridized carbons (Fsp3) is 0.562. The molecule has 0 saturated heterocycles. The third-order valence-corrected chi connectivity index (χ3v) is 3.30. The maximum Gasteiger partial charge on any atom is 0.328 e. The van der Waals surface area contributed by atoms with Crippen molar-refractivity contribution in [3.8, 4) is 11.5 Å². The Bertz CT molecular complexity index is 547. The molecule has 1 rings (SSSR count). The van der Waals surface area contributed by atoms with Gasteiger partial charge in [0, 0.05) is 12.3 Å². The van der Waals surface area contributed by atoms with E-state index in [1.54, 1.807) is 0 Å². The smallest absolute Gasteiger partial charge is 0.328 e. The number of carbonyl (C=O) groups excluding carboxylic acids is 2. The molecule has 0 aliphatic rings.